The Morgan fingerprint density at radius 1 is 1.20 bits per heavy atom. The smallest absolute Gasteiger partial charge is 0.242 e. The van der Waals surface area contributed by atoms with Gasteiger partial charge in [0.2, 0.25) is 15.9 Å². The predicted molar refractivity (Wildman–Crippen MR) is 118 cm³/mol. The molecule has 6 nitrogen and oxygen atoms in total. The third-order valence-electron chi connectivity index (χ3n) is 4.80. The molecule has 0 bridgehead atoms. The zero-order chi connectivity index (χ0) is 21.7. The second-order valence-electron chi connectivity index (χ2n) is 6.96. The van der Waals surface area contributed by atoms with Crippen LogP contribution in [0.5, 0.6) is 0 Å². The van der Waals surface area contributed by atoms with Gasteiger partial charge in [-0.25, -0.2) is 22.1 Å². The minimum atomic E-state index is -3.72. The molecule has 0 aliphatic carbocycles. The highest BCUT2D eigenvalue weighted by Crippen LogP contribution is 2.25. The molecule has 160 valence electrons. The fourth-order valence-electron chi connectivity index (χ4n) is 3.01. The van der Waals surface area contributed by atoms with Crippen LogP contribution >= 0.6 is 11.8 Å². The molecular formula is C21H24FN3O3S2. The van der Waals surface area contributed by atoms with Crippen LogP contribution in [0.3, 0.4) is 0 Å². The Morgan fingerprint density at radius 2 is 1.90 bits per heavy atom. The molecule has 1 aliphatic rings. The Bertz CT molecular complexity index is 1040. The molecule has 3 rings (SSSR count). The first-order valence-electron chi connectivity index (χ1n) is 9.58. The summed E-state index contributed by atoms with van der Waals surface area (Å²) in [6.45, 7) is 2.76. The van der Waals surface area contributed by atoms with Gasteiger partial charge in [0.05, 0.1) is 10.6 Å². The first-order valence-corrected chi connectivity index (χ1v) is 12.0. The van der Waals surface area contributed by atoms with E-state index in [1.54, 1.807) is 16.7 Å². The van der Waals surface area contributed by atoms with Gasteiger partial charge in [-0.15, -0.1) is 0 Å². The van der Waals surface area contributed by atoms with Gasteiger partial charge in [0.25, 0.3) is 0 Å². The van der Waals surface area contributed by atoms with Gasteiger partial charge in [0.1, 0.15) is 5.82 Å². The highest BCUT2D eigenvalue weighted by molar-refractivity contribution is 8.14. The molecule has 1 heterocycles. The van der Waals surface area contributed by atoms with Gasteiger partial charge in [-0.2, -0.15) is 0 Å². The number of carbonyl (C=O) groups excluding carboxylic acids is 1. The van der Waals surface area contributed by atoms with Crippen molar-refractivity contribution in [3.63, 3.8) is 0 Å². The number of nitrogens with zero attached hydrogens (tertiary/aromatic N) is 3. The maximum Gasteiger partial charge on any atom is 0.242 e. The zero-order valence-electron chi connectivity index (χ0n) is 16.9. The summed E-state index contributed by atoms with van der Waals surface area (Å²) in [4.78, 5) is 19.0. The molecule has 0 saturated carbocycles. The molecule has 1 amide bonds. The van der Waals surface area contributed by atoms with Gasteiger partial charge in [-0.1, -0.05) is 30.0 Å². The Labute approximate surface area is 180 Å². The van der Waals surface area contributed by atoms with E-state index in [9.17, 15) is 17.6 Å². The molecule has 1 fully saturated rings. The number of halogens is 1. The lowest BCUT2D eigenvalue weighted by Crippen LogP contribution is -2.33. The van der Waals surface area contributed by atoms with Crippen LogP contribution in [0.1, 0.15) is 18.4 Å². The van der Waals surface area contributed by atoms with Crippen molar-refractivity contribution in [3.8, 4) is 0 Å². The van der Waals surface area contributed by atoms with E-state index in [-0.39, 0.29) is 23.8 Å². The minimum Gasteiger partial charge on any atom is -0.290 e. The van der Waals surface area contributed by atoms with Crippen LogP contribution in [0.2, 0.25) is 0 Å². The maximum atomic E-state index is 13.0. The summed E-state index contributed by atoms with van der Waals surface area (Å²) >= 11 is 1.54. The Hall–Kier alpha value is -2.23. The van der Waals surface area contributed by atoms with E-state index in [1.165, 1.54) is 23.5 Å². The Morgan fingerprint density at radius 3 is 2.60 bits per heavy atom. The third-order valence-corrected chi connectivity index (χ3v) is 7.62. The second-order valence-corrected chi connectivity index (χ2v) is 10.1. The fraction of sp³-hybridized carbons (Fsp3) is 0.333. The Balaban J connectivity index is 1.58. The van der Waals surface area contributed by atoms with Gasteiger partial charge in [-0.3, -0.25) is 9.69 Å². The van der Waals surface area contributed by atoms with Crippen molar-refractivity contribution >= 4 is 38.5 Å². The lowest BCUT2D eigenvalue weighted by molar-refractivity contribution is -0.127. The van der Waals surface area contributed by atoms with Crippen molar-refractivity contribution in [2.24, 2.45) is 4.99 Å². The third kappa shape index (κ3) is 5.27. The number of amides is 1. The molecule has 0 atom stereocenters. The molecule has 1 saturated heterocycles. The van der Waals surface area contributed by atoms with E-state index >= 15 is 0 Å². The average Bonchev–Trinajstić information content (AvgIpc) is 3.18. The van der Waals surface area contributed by atoms with Crippen LogP contribution in [-0.2, 0) is 14.8 Å². The van der Waals surface area contributed by atoms with Gasteiger partial charge >= 0.3 is 0 Å². The topological polar surface area (TPSA) is 70.1 Å². The second kappa shape index (κ2) is 9.72. The number of aliphatic imine (C=N–C) groups is 1. The summed E-state index contributed by atoms with van der Waals surface area (Å²) in [6.07, 6.45) is 0.602. The number of carbonyl (C=O) groups is 1. The predicted octanol–water partition coefficient (Wildman–Crippen LogP) is 3.80. The van der Waals surface area contributed by atoms with Crippen LogP contribution in [0.4, 0.5) is 10.1 Å². The highest BCUT2D eigenvalue weighted by Gasteiger charge is 2.26. The van der Waals surface area contributed by atoms with Gasteiger partial charge in [-0.05, 0) is 49.2 Å². The molecule has 0 spiro atoms. The Kier molecular flexibility index (Phi) is 7.27. The van der Waals surface area contributed by atoms with Crippen LogP contribution in [0.15, 0.2) is 58.4 Å². The number of amidine groups is 1. The number of sulfonamides is 1. The summed E-state index contributed by atoms with van der Waals surface area (Å²) < 4.78 is 39.3. The summed E-state index contributed by atoms with van der Waals surface area (Å²) in [5, 5.41) is 0.682. The van der Waals surface area contributed by atoms with E-state index in [0.717, 1.165) is 29.1 Å². The quantitative estimate of drug-likeness (QED) is 0.645. The molecule has 0 unspecified atom stereocenters. The molecule has 0 aromatic heterocycles. The first-order chi connectivity index (χ1) is 14.3. The number of rotatable bonds is 7. The number of benzene rings is 2. The van der Waals surface area contributed by atoms with E-state index in [1.807, 2.05) is 31.2 Å². The van der Waals surface area contributed by atoms with Crippen LogP contribution < -0.4 is 0 Å². The lowest BCUT2D eigenvalue weighted by atomic mass is 10.2. The highest BCUT2D eigenvalue weighted by atomic mass is 32.2. The van der Waals surface area contributed by atoms with Crippen LogP contribution in [0, 0.1) is 12.7 Å². The number of thioether (sulfide) groups is 1. The molecule has 1 aliphatic heterocycles. The monoisotopic (exact) mass is 449 g/mol. The van der Waals surface area contributed by atoms with Crippen LogP contribution in [0.25, 0.3) is 0 Å². The van der Waals surface area contributed by atoms with Crippen molar-refractivity contribution in [1.82, 2.24) is 9.21 Å². The standard InChI is InChI=1S/C21H24FN3O3S2/c1-16-6-3-4-7-19(16)23-21-25(14-15-29-21)20(26)8-5-13-24(2)30(27,28)18-11-9-17(22)10-12-18/h3-4,6-7,9-12H,5,8,13-15H2,1-2H3. The van der Waals surface area contributed by atoms with E-state index < -0.39 is 15.8 Å². The summed E-state index contributed by atoms with van der Waals surface area (Å²) in [6, 6.07) is 12.5. The normalized spacial score (nSPS) is 15.9. The van der Waals surface area contributed by atoms with E-state index in [4.69, 9.17) is 0 Å². The van der Waals surface area contributed by atoms with Gasteiger partial charge in [0.15, 0.2) is 5.17 Å². The van der Waals surface area contributed by atoms with Crippen molar-refractivity contribution < 1.29 is 17.6 Å². The number of para-hydroxylation sites is 1. The maximum absolute atomic E-state index is 13.0. The molecule has 2 aromatic rings. The largest absolute Gasteiger partial charge is 0.290 e. The zero-order valence-corrected chi connectivity index (χ0v) is 18.5. The van der Waals surface area contributed by atoms with Gasteiger partial charge in [0, 0.05) is 32.3 Å². The van der Waals surface area contributed by atoms with Crippen molar-refractivity contribution in [2.45, 2.75) is 24.7 Å². The average molecular weight is 450 g/mol. The molecule has 2 aromatic carbocycles. The minimum absolute atomic E-state index is 0.0290. The first kappa shape index (κ1) is 22.5. The number of aryl methyl sites for hydroxylation is 1. The number of hydrogen-bond donors (Lipinski definition) is 0. The number of hydrogen-bond acceptors (Lipinski definition) is 5. The van der Waals surface area contributed by atoms with Crippen LogP contribution in [-0.4, -0.2) is 54.6 Å². The summed E-state index contributed by atoms with van der Waals surface area (Å²) in [7, 11) is -2.26. The summed E-state index contributed by atoms with van der Waals surface area (Å²) in [5.41, 5.74) is 1.88. The molecule has 30 heavy (non-hydrogen) atoms. The van der Waals surface area contributed by atoms with Gasteiger partial charge < -0.3 is 0 Å². The van der Waals surface area contributed by atoms with E-state index in [2.05, 4.69) is 4.99 Å². The van der Waals surface area contributed by atoms with Crippen molar-refractivity contribution in [2.75, 3.05) is 25.9 Å². The van der Waals surface area contributed by atoms with Crippen molar-refractivity contribution in [1.29, 1.82) is 0 Å². The lowest BCUT2D eigenvalue weighted by Gasteiger charge is -2.19. The SMILES string of the molecule is Cc1ccccc1N=C1SCCN1C(=O)CCCN(C)S(=O)(=O)c1ccc(F)cc1. The summed E-state index contributed by atoms with van der Waals surface area (Å²) in [5.74, 6) is 0.226. The van der Waals surface area contributed by atoms with Crippen molar-refractivity contribution in [3.05, 3.63) is 59.9 Å². The van der Waals surface area contributed by atoms with E-state index in [0.29, 0.717) is 18.1 Å². The molecule has 0 N–H and O–H groups in total. The fourth-order valence-corrected chi connectivity index (χ4v) is 5.19. The molecule has 9 heteroatoms. The molecular weight excluding hydrogens is 425 g/mol. The molecule has 0 radical (unpaired) electrons.